The molecule has 4 atom stereocenters. The van der Waals surface area contributed by atoms with Crippen LogP contribution >= 0.6 is 0 Å². The number of para-hydroxylation sites is 1. The molecule has 2 saturated heterocycles. The van der Waals surface area contributed by atoms with Gasteiger partial charge in [0.05, 0.1) is 30.2 Å². The van der Waals surface area contributed by atoms with E-state index in [9.17, 15) is 14.4 Å². The van der Waals surface area contributed by atoms with E-state index >= 15 is 0 Å². The Bertz CT molecular complexity index is 729. The first kappa shape index (κ1) is 14.1. The zero-order valence-electron chi connectivity index (χ0n) is 12.6. The average molecular weight is 312 g/mol. The normalized spacial score (nSPS) is 34.1. The van der Waals surface area contributed by atoms with E-state index in [1.807, 2.05) is 18.2 Å². The van der Waals surface area contributed by atoms with E-state index in [2.05, 4.69) is 5.32 Å². The van der Waals surface area contributed by atoms with Crippen LogP contribution in [0.4, 0.5) is 5.69 Å². The number of carbonyl (C=O) groups is 3. The smallest absolute Gasteiger partial charge is 0.241 e. The van der Waals surface area contributed by atoms with E-state index < -0.39 is 23.5 Å². The topological polar surface area (TPSA) is 75.7 Å². The van der Waals surface area contributed by atoms with Gasteiger partial charge < -0.3 is 10.1 Å². The number of nitrogens with one attached hydrogen (secondary N) is 1. The Kier molecular flexibility index (Phi) is 2.93. The molecule has 118 valence electrons. The Morgan fingerprint density at radius 1 is 1.26 bits per heavy atom. The van der Waals surface area contributed by atoms with Gasteiger partial charge in [0, 0.05) is 6.92 Å². The van der Waals surface area contributed by atoms with Crippen molar-refractivity contribution in [2.75, 3.05) is 11.4 Å². The molecule has 3 amide bonds. The summed E-state index contributed by atoms with van der Waals surface area (Å²) in [7, 11) is 0. The van der Waals surface area contributed by atoms with E-state index in [1.165, 1.54) is 11.8 Å². The van der Waals surface area contributed by atoms with Crippen molar-refractivity contribution in [2.45, 2.75) is 18.6 Å². The molecular formula is C17H16N2O4. The number of hydrogen-bond donors (Lipinski definition) is 1. The quantitative estimate of drug-likeness (QED) is 0.656. The second kappa shape index (κ2) is 4.76. The molecule has 0 aliphatic carbocycles. The van der Waals surface area contributed by atoms with Crippen LogP contribution in [0.2, 0.25) is 0 Å². The van der Waals surface area contributed by atoms with Crippen LogP contribution in [-0.4, -0.2) is 36.0 Å². The summed E-state index contributed by atoms with van der Waals surface area (Å²) in [6.45, 7) is 1.61. The molecule has 1 N–H and O–H groups in total. The first-order chi connectivity index (χ1) is 11.0. The number of fused-ring (bicyclic) bond motifs is 5. The zero-order valence-corrected chi connectivity index (χ0v) is 12.6. The number of nitrogens with zero attached hydrogens (tertiary/aromatic N) is 1. The summed E-state index contributed by atoms with van der Waals surface area (Å²) >= 11 is 0. The molecule has 1 aromatic rings. The fourth-order valence-electron chi connectivity index (χ4n) is 3.80. The van der Waals surface area contributed by atoms with Crippen LogP contribution in [0.25, 0.3) is 0 Å². The van der Waals surface area contributed by atoms with Gasteiger partial charge in [0.1, 0.15) is 5.60 Å². The number of anilines is 1. The average Bonchev–Trinajstić information content (AvgIpc) is 3.17. The predicted octanol–water partition coefficient (Wildman–Crippen LogP) is 0.636. The molecule has 23 heavy (non-hydrogen) atoms. The van der Waals surface area contributed by atoms with Crippen LogP contribution in [0.1, 0.15) is 6.92 Å². The molecule has 3 aliphatic rings. The maximum atomic E-state index is 12.9. The third kappa shape index (κ3) is 1.88. The number of benzene rings is 1. The lowest BCUT2D eigenvalue weighted by atomic mass is 9.77. The fourth-order valence-corrected chi connectivity index (χ4v) is 3.80. The lowest BCUT2D eigenvalue weighted by Gasteiger charge is -2.28. The zero-order chi connectivity index (χ0) is 16.2. The molecule has 2 fully saturated rings. The Balaban J connectivity index is 1.70. The van der Waals surface area contributed by atoms with Crippen LogP contribution in [0, 0.1) is 11.8 Å². The molecular weight excluding hydrogens is 296 g/mol. The largest absolute Gasteiger partial charge is 0.360 e. The standard InChI is InChI=1S/C17H16N2O4/c1-10(20)18-9-17-8-7-12(23-17)13-14(17)16(22)19(15(13)21)11-5-3-2-4-6-11/h2-8,12-14H,9H2,1H3,(H,18,20)/t12-,13+,14-,17-/m1/s1. The molecule has 0 spiro atoms. The fraction of sp³-hybridized carbons (Fsp3) is 0.353. The number of rotatable bonds is 3. The van der Waals surface area contributed by atoms with E-state index in [1.54, 1.807) is 24.3 Å². The van der Waals surface area contributed by atoms with Crippen LogP contribution in [0.5, 0.6) is 0 Å². The monoisotopic (exact) mass is 312 g/mol. The lowest BCUT2D eigenvalue weighted by Crippen LogP contribution is -2.48. The minimum absolute atomic E-state index is 0.193. The summed E-state index contributed by atoms with van der Waals surface area (Å²) in [6.07, 6.45) is 3.23. The molecule has 0 saturated carbocycles. The van der Waals surface area contributed by atoms with Crippen molar-refractivity contribution in [1.82, 2.24) is 5.32 Å². The molecule has 0 aromatic heterocycles. The van der Waals surface area contributed by atoms with Gasteiger partial charge in [-0.3, -0.25) is 14.4 Å². The van der Waals surface area contributed by atoms with Crippen molar-refractivity contribution in [2.24, 2.45) is 11.8 Å². The van der Waals surface area contributed by atoms with Crippen molar-refractivity contribution >= 4 is 23.4 Å². The van der Waals surface area contributed by atoms with E-state index in [0.717, 1.165) is 0 Å². The molecule has 4 rings (SSSR count). The Morgan fingerprint density at radius 3 is 2.70 bits per heavy atom. The molecule has 2 bridgehead atoms. The van der Waals surface area contributed by atoms with Crippen LogP contribution < -0.4 is 10.2 Å². The van der Waals surface area contributed by atoms with Gasteiger partial charge in [0.25, 0.3) is 0 Å². The van der Waals surface area contributed by atoms with Crippen molar-refractivity contribution in [3.63, 3.8) is 0 Å². The number of carbonyl (C=O) groups excluding carboxylic acids is 3. The SMILES string of the molecule is CC(=O)NC[C@@]12C=C[C@@H](O1)[C@@H]1C(=O)N(c3ccccc3)C(=O)[C@@H]12. The molecule has 1 aromatic carbocycles. The van der Waals surface area contributed by atoms with Crippen LogP contribution in [0.3, 0.4) is 0 Å². The van der Waals surface area contributed by atoms with Crippen LogP contribution in [-0.2, 0) is 19.1 Å². The highest BCUT2D eigenvalue weighted by molar-refractivity contribution is 6.23. The predicted molar refractivity (Wildman–Crippen MR) is 81.3 cm³/mol. The Hall–Kier alpha value is -2.47. The van der Waals surface area contributed by atoms with Gasteiger partial charge in [-0.25, -0.2) is 4.90 Å². The van der Waals surface area contributed by atoms with Crippen LogP contribution in [0.15, 0.2) is 42.5 Å². The van der Waals surface area contributed by atoms with Gasteiger partial charge in [-0.05, 0) is 12.1 Å². The van der Waals surface area contributed by atoms with Crippen molar-refractivity contribution < 1.29 is 19.1 Å². The summed E-state index contributed by atoms with van der Waals surface area (Å²) in [5, 5.41) is 2.71. The van der Waals surface area contributed by atoms with E-state index in [0.29, 0.717) is 5.69 Å². The van der Waals surface area contributed by atoms with Gasteiger partial charge in [-0.15, -0.1) is 0 Å². The first-order valence-electron chi connectivity index (χ1n) is 7.58. The van der Waals surface area contributed by atoms with Gasteiger partial charge in [0.2, 0.25) is 17.7 Å². The van der Waals surface area contributed by atoms with Gasteiger partial charge in [-0.2, -0.15) is 0 Å². The second-order valence-electron chi connectivity index (χ2n) is 6.16. The van der Waals surface area contributed by atoms with Gasteiger partial charge >= 0.3 is 0 Å². The highest BCUT2D eigenvalue weighted by atomic mass is 16.5. The molecule has 0 radical (unpaired) electrons. The van der Waals surface area contributed by atoms with E-state index in [-0.39, 0.29) is 24.3 Å². The third-order valence-electron chi connectivity index (χ3n) is 4.78. The molecule has 3 aliphatic heterocycles. The molecule has 6 heteroatoms. The van der Waals surface area contributed by atoms with Crippen molar-refractivity contribution in [3.8, 4) is 0 Å². The molecule has 6 nitrogen and oxygen atoms in total. The van der Waals surface area contributed by atoms with Crippen molar-refractivity contribution in [3.05, 3.63) is 42.5 Å². The Morgan fingerprint density at radius 2 is 2.00 bits per heavy atom. The van der Waals surface area contributed by atoms with Gasteiger partial charge in [-0.1, -0.05) is 30.4 Å². The number of imide groups is 1. The highest BCUT2D eigenvalue weighted by Crippen LogP contribution is 2.52. The number of hydrogen-bond acceptors (Lipinski definition) is 4. The minimum Gasteiger partial charge on any atom is -0.360 e. The number of ether oxygens (including phenoxy) is 1. The lowest BCUT2D eigenvalue weighted by molar-refractivity contribution is -0.128. The third-order valence-corrected chi connectivity index (χ3v) is 4.78. The molecule has 3 heterocycles. The maximum Gasteiger partial charge on any atom is 0.241 e. The summed E-state index contributed by atoms with van der Waals surface area (Å²) in [5.74, 6) is -1.79. The summed E-state index contributed by atoms with van der Waals surface area (Å²) in [6, 6.07) is 8.91. The van der Waals surface area contributed by atoms with Crippen molar-refractivity contribution in [1.29, 1.82) is 0 Å². The first-order valence-corrected chi connectivity index (χ1v) is 7.58. The number of amides is 3. The maximum absolute atomic E-state index is 12.9. The minimum atomic E-state index is -0.919. The second-order valence-corrected chi connectivity index (χ2v) is 6.16. The summed E-state index contributed by atoms with van der Waals surface area (Å²) in [4.78, 5) is 38.2. The summed E-state index contributed by atoms with van der Waals surface area (Å²) in [5.41, 5.74) is -0.344. The Labute approximate surface area is 133 Å². The highest BCUT2D eigenvalue weighted by Gasteiger charge is 2.67. The molecule has 0 unspecified atom stereocenters. The summed E-state index contributed by atoms with van der Waals surface area (Å²) < 4.78 is 5.91. The van der Waals surface area contributed by atoms with E-state index in [4.69, 9.17) is 4.74 Å². The van der Waals surface area contributed by atoms with Gasteiger partial charge in [0.15, 0.2) is 0 Å².